The molecule has 2 aliphatic rings. The fraction of sp³-hybridized carbons (Fsp3) is 0.455. The van der Waals surface area contributed by atoms with E-state index in [1.54, 1.807) is 29.3 Å². The number of fused-ring (bicyclic) bond motifs is 2. The topological polar surface area (TPSA) is 101 Å². The number of likely N-dealkylation sites (tertiary alicyclic amines) is 1. The minimum absolute atomic E-state index is 0.125. The Bertz CT molecular complexity index is 1150. The summed E-state index contributed by atoms with van der Waals surface area (Å²) in [6.07, 6.45) is 4.44. The lowest BCUT2D eigenvalue weighted by molar-refractivity contribution is 0.0186. The van der Waals surface area contributed by atoms with E-state index in [1.807, 2.05) is 25.5 Å². The second-order valence-electron chi connectivity index (χ2n) is 8.82. The molecule has 2 aromatic heterocycles. The summed E-state index contributed by atoms with van der Waals surface area (Å²) >= 11 is 0. The van der Waals surface area contributed by atoms with Gasteiger partial charge in [0.15, 0.2) is 17.1 Å². The number of aromatic nitrogens is 4. The van der Waals surface area contributed by atoms with Crippen molar-refractivity contribution in [3.05, 3.63) is 30.7 Å². The van der Waals surface area contributed by atoms with Crippen LogP contribution in [-0.2, 0) is 4.74 Å². The number of carbonyl (C=O) groups is 1. The van der Waals surface area contributed by atoms with Gasteiger partial charge in [0.2, 0.25) is 12.7 Å². The van der Waals surface area contributed by atoms with Gasteiger partial charge in [-0.25, -0.2) is 19.4 Å². The quantitative estimate of drug-likeness (QED) is 0.605. The predicted octanol–water partition coefficient (Wildman–Crippen LogP) is 3.92. The Labute approximate surface area is 185 Å². The summed E-state index contributed by atoms with van der Waals surface area (Å²) in [5.41, 5.74) is 0.198. The molecule has 0 radical (unpaired) electrons. The van der Waals surface area contributed by atoms with Crippen molar-refractivity contribution in [1.29, 1.82) is 0 Å². The molecule has 3 aromatic rings. The summed E-state index contributed by atoms with van der Waals surface area (Å²) in [5, 5.41) is 5.29. The van der Waals surface area contributed by atoms with Crippen molar-refractivity contribution in [1.82, 2.24) is 24.6 Å². The highest BCUT2D eigenvalue weighted by molar-refractivity contribution is 5.80. The van der Waals surface area contributed by atoms with Crippen LogP contribution in [0.2, 0.25) is 0 Å². The molecule has 2 aliphatic heterocycles. The molecule has 0 bridgehead atoms. The number of amides is 1. The molecule has 10 heteroatoms. The summed E-state index contributed by atoms with van der Waals surface area (Å²) in [5.74, 6) is 2.34. The Kier molecular flexibility index (Phi) is 4.99. The van der Waals surface area contributed by atoms with Gasteiger partial charge < -0.3 is 23.8 Å². The predicted molar refractivity (Wildman–Crippen MR) is 114 cm³/mol. The molecule has 1 aromatic carbocycles. The second-order valence-corrected chi connectivity index (χ2v) is 8.82. The summed E-state index contributed by atoms with van der Waals surface area (Å²) in [4.78, 5) is 22.8. The van der Waals surface area contributed by atoms with Crippen LogP contribution in [0.5, 0.6) is 23.1 Å². The molecule has 0 atom stereocenters. The first kappa shape index (κ1) is 20.3. The van der Waals surface area contributed by atoms with Gasteiger partial charge in [0.25, 0.3) is 0 Å². The third-order valence-corrected chi connectivity index (χ3v) is 5.38. The third kappa shape index (κ3) is 4.00. The first-order valence-corrected chi connectivity index (χ1v) is 10.6. The smallest absolute Gasteiger partial charge is 0.410 e. The van der Waals surface area contributed by atoms with E-state index < -0.39 is 5.60 Å². The zero-order chi connectivity index (χ0) is 22.3. The highest BCUT2D eigenvalue weighted by Gasteiger charge is 2.29. The number of carbonyl (C=O) groups excluding carboxylic acids is 1. The molecule has 0 unspecified atom stereocenters. The first-order chi connectivity index (χ1) is 15.4. The maximum absolute atomic E-state index is 12.3. The van der Waals surface area contributed by atoms with Crippen LogP contribution in [0.15, 0.2) is 30.7 Å². The molecule has 0 aliphatic carbocycles. The third-order valence-electron chi connectivity index (χ3n) is 5.38. The molecule has 10 nitrogen and oxygen atoms in total. The van der Waals surface area contributed by atoms with Gasteiger partial charge in [-0.05, 0) is 45.7 Å². The van der Waals surface area contributed by atoms with Crippen LogP contribution in [0.4, 0.5) is 4.79 Å². The zero-order valence-corrected chi connectivity index (χ0v) is 18.3. The Morgan fingerprint density at radius 1 is 1.12 bits per heavy atom. The van der Waals surface area contributed by atoms with Crippen LogP contribution in [0.25, 0.3) is 11.0 Å². The van der Waals surface area contributed by atoms with E-state index in [9.17, 15) is 4.79 Å². The molecule has 0 spiro atoms. The number of benzene rings is 1. The molecule has 4 heterocycles. The first-order valence-electron chi connectivity index (χ1n) is 10.6. The van der Waals surface area contributed by atoms with Crippen LogP contribution in [-0.4, -0.2) is 56.2 Å². The van der Waals surface area contributed by atoms with Crippen molar-refractivity contribution in [3.8, 4) is 23.1 Å². The number of rotatable bonds is 3. The van der Waals surface area contributed by atoms with Crippen LogP contribution in [0, 0.1) is 0 Å². The molecule has 32 heavy (non-hydrogen) atoms. The van der Waals surface area contributed by atoms with Crippen molar-refractivity contribution >= 4 is 17.1 Å². The monoisotopic (exact) mass is 439 g/mol. The van der Waals surface area contributed by atoms with E-state index in [2.05, 4.69) is 15.1 Å². The number of ether oxygens (including phenoxy) is 4. The molecule has 168 valence electrons. The number of hydrogen-bond donors (Lipinski definition) is 0. The van der Waals surface area contributed by atoms with Crippen LogP contribution >= 0.6 is 0 Å². The molecular weight excluding hydrogens is 414 g/mol. The van der Waals surface area contributed by atoms with Crippen molar-refractivity contribution < 1.29 is 23.7 Å². The minimum Gasteiger partial charge on any atom is -0.454 e. The second kappa shape index (κ2) is 7.85. The highest BCUT2D eigenvalue weighted by atomic mass is 16.7. The van der Waals surface area contributed by atoms with Crippen LogP contribution in [0.1, 0.15) is 39.7 Å². The molecule has 1 amide bonds. The fourth-order valence-electron chi connectivity index (χ4n) is 3.86. The van der Waals surface area contributed by atoms with Gasteiger partial charge in [-0.1, -0.05) is 0 Å². The molecular formula is C22H25N5O5. The van der Waals surface area contributed by atoms with Gasteiger partial charge in [-0.2, -0.15) is 5.10 Å². The standard InChI is InChI=1S/C22H25N5O5/c1-22(2,3)32-21(28)26-8-6-14(7-9-26)27-19-16(11-25-27)20(24-12-23-19)31-15-4-5-17-18(10-15)30-13-29-17/h4-5,10-12,14H,6-9,13H2,1-3H3. The zero-order valence-electron chi connectivity index (χ0n) is 18.3. The largest absolute Gasteiger partial charge is 0.454 e. The Morgan fingerprint density at radius 2 is 1.91 bits per heavy atom. The van der Waals surface area contributed by atoms with E-state index in [0.717, 1.165) is 18.2 Å². The molecule has 1 saturated heterocycles. The molecule has 0 saturated carbocycles. The van der Waals surface area contributed by atoms with Crippen LogP contribution in [0.3, 0.4) is 0 Å². The van der Waals surface area contributed by atoms with Gasteiger partial charge in [-0.3, -0.25) is 0 Å². The fourth-order valence-corrected chi connectivity index (χ4v) is 3.86. The van der Waals surface area contributed by atoms with Crippen LogP contribution < -0.4 is 14.2 Å². The average Bonchev–Trinajstić information content (AvgIpc) is 3.40. The van der Waals surface area contributed by atoms with E-state index >= 15 is 0 Å². The van der Waals surface area contributed by atoms with Crippen molar-refractivity contribution in [2.75, 3.05) is 19.9 Å². The van der Waals surface area contributed by atoms with Gasteiger partial charge in [0, 0.05) is 19.2 Å². The summed E-state index contributed by atoms with van der Waals surface area (Å²) < 4.78 is 24.1. The summed E-state index contributed by atoms with van der Waals surface area (Å²) in [6, 6.07) is 5.50. The van der Waals surface area contributed by atoms with Crippen molar-refractivity contribution in [2.45, 2.75) is 45.3 Å². The number of piperidine rings is 1. The minimum atomic E-state index is -0.503. The number of nitrogens with zero attached hydrogens (tertiary/aromatic N) is 5. The highest BCUT2D eigenvalue weighted by Crippen LogP contribution is 2.37. The average molecular weight is 439 g/mol. The maximum Gasteiger partial charge on any atom is 0.410 e. The lowest BCUT2D eigenvalue weighted by Gasteiger charge is -2.33. The molecule has 1 fully saturated rings. The lowest BCUT2D eigenvalue weighted by Crippen LogP contribution is -2.42. The van der Waals surface area contributed by atoms with Gasteiger partial charge >= 0.3 is 6.09 Å². The molecule has 0 N–H and O–H groups in total. The lowest BCUT2D eigenvalue weighted by atomic mass is 10.1. The molecule has 5 rings (SSSR count). The normalized spacial score (nSPS) is 16.4. The Balaban J connectivity index is 1.31. The van der Waals surface area contributed by atoms with E-state index in [0.29, 0.717) is 41.9 Å². The van der Waals surface area contributed by atoms with E-state index in [-0.39, 0.29) is 18.9 Å². The summed E-state index contributed by atoms with van der Waals surface area (Å²) in [6.45, 7) is 7.03. The van der Waals surface area contributed by atoms with Gasteiger partial charge in [0.1, 0.15) is 23.1 Å². The van der Waals surface area contributed by atoms with Gasteiger partial charge in [0.05, 0.1) is 12.2 Å². The van der Waals surface area contributed by atoms with Gasteiger partial charge in [-0.15, -0.1) is 0 Å². The van der Waals surface area contributed by atoms with E-state index in [4.69, 9.17) is 18.9 Å². The van der Waals surface area contributed by atoms with Crippen molar-refractivity contribution in [2.24, 2.45) is 0 Å². The maximum atomic E-state index is 12.3. The summed E-state index contributed by atoms with van der Waals surface area (Å²) in [7, 11) is 0. The van der Waals surface area contributed by atoms with E-state index in [1.165, 1.54) is 6.33 Å². The number of hydrogen-bond acceptors (Lipinski definition) is 8. The van der Waals surface area contributed by atoms with Crippen molar-refractivity contribution in [3.63, 3.8) is 0 Å². The SMILES string of the molecule is CC(C)(C)OC(=O)N1CCC(n2ncc3c(Oc4ccc5c(c4)OCO5)ncnc32)CC1. The Morgan fingerprint density at radius 3 is 2.69 bits per heavy atom. The Hall–Kier alpha value is -3.56.